The van der Waals surface area contributed by atoms with E-state index in [2.05, 4.69) is 5.32 Å². The Balaban J connectivity index is 1.27. The number of thioether (sulfide) groups is 1. The Hall–Kier alpha value is -3.91. The van der Waals surface area contributed by atoms with Crippen LogP contribution < -0.4 is 10.2 Å². The molecule has 0 saturated heterocycles. The Labute approximate surface area is 283 Å². The van der Waals surface area contributed by atoms with Crippen molar-refractivity contribution in [2.75, 3.05) is 62.6 Å². The summed E-state index contributed by atoms with van der Waals surface area (Å²) in [5.41, 5.74) is 4.34. The quantitative estimate of drug-likeness (QED) is 0.0799. The molecule has 1 N–H and O–H groups in total. The summed E-state index contributed by atoms with van der Waals surface area (Å²) < 4.78 is 61.7. The number of furan rings is 1. The van der Waals surface area contributed by atoms with Gasteiger partial charge in [0.25, 0.3) is 5.91 Å². The lowest BCUT2D eigenvalue weighted by Crippen LogP contribution is -2.33. The maximum atomic E-state index is 13.7. The predicted molar refractivity (Wildman–Crippen MR) is 185 cm³/mol. The largest absolute Gasteiger partial charge is 0.455 e. The molecule has 0 spiro atoms. The fraction of sp³-hybridized carbons (Fsp3) is 0.371. The van der Waals surface area contributed by atoms with E-state index in [1.807, 2.05) is 24.5 Å². The molecule has 4 aromatic rings. The third-order valence-corrected chi connectivity index (χ3v) is 8.92. The second-order valence-electron chi connectivity index (χ2n) is 11.6. The van der Waals surface area contributed by atoms with Gasteiger partial charge in [-0.1, -0.05) is 12.1 Å². The first kappa shape index (κ1) is 35.4. The van der Waals surface area contributed by atoms with E-state index in [4.69, 9.17) is 18.6 Å². The van der Waals surface area contributed by atoms with E-state index in [9.17, 15) is 22.4 Å². The Bertz CT molecular complexity index is 1840. The Morgan fingerprint density at radius 3 is 2.38 bits per heavy atom. The van der Waals surface area contributed by atoms with Crippen LogP contribution in [0.3, 0.4) is 0 Å². The van der Waals surface area contributed by atoms with Crippen molar-refractivity contribution in [3.63, 3.8) is 0 Å². The molecule has 13 heteroatoms. The van der Waals surface area contributed by atoms with Gasteiger partial charge in [0, 0.05) is 42.6 Å². The standard InChI is InChI=1S/C35H39FN2O8S2/c1-37-34(39)32-29-18-28(24-8-9-24)30(19-31(29)46-33(32)25-10-12-27(36)13-11-25)38(21-48(3,41)42)14-15-43-16-17-44-20-23-4-6-26(7-5-23)35(40)45-22-47-2/h4-7,10-13,18-19,24H,8-9,14-17,20-22H2,1-3H3,(H,37,39). The number of fused-ring (bicyclic) bond motifs is 1. The van der Waals surface area contributed by atoms with Crippen molar-refractivity contribution >= 4 is 50.1 Å². The van der Waals surface area contributed by atoms with Crippen LogP contribution in [0.15, 0.2) is 65.1 Å². The van der Waals surface area contributed by atoms with Crippen molar-refractivity contribution in [3.05, 3.63) is 88.7 Å². The zero-order valence-electron chi connectivity index (χ0n) is 27.1. The predicted octanol–water partition coefficient (Wildman–Crippen LogP) is 6.00. The molecule has 1 aliphatic carbocycles. The molecule has 0 radical (unpaired) electrons. The molecule has 5 rings (SSSR count). The topological polar surface area (TPSA) is 124 Å². The highest BCUT2D eigenvalue weighted by Crippen LogP contribution is 2.47. The minimum Gasteiger partial charge on any atom is -0.455 e. The average molecular weight is 699 g/mol. The molecule has 1 fully saturated rings. The van der Waals surface area contributed by atoms with Crippen molar-refractivity contribution in [2.45, 2.75) is 25.4 Å². The fourth-order valence-corrected chi connectivity index (χ4v) is 6.41. The molecule has 10 nitrogen and oxygen atoms in total. The number of sulfone groups is 1. The van der Waals surface area contributed by atoms with Gasteiger partial charge in [0.2, 0.25) is 0 Å². The summed E-state index contributed by atoms with van der Waals surface area (Å²) in [6, 6.07) is 16.5. The van der Waals surface area contributed by atoms with Crippen molar-refractivity contribution in [2.24, 2.45) is 0 Å². The zero-order valence-corrected chi connectivity index (χ0v) is 28.8. The molecular weight excluding hydrogens is 660 g/mol. The van der Waals surface area contributed by atoms with Crippen LogP contribution >= 0.6 is 11.8 Å². The van der Waals surface area contributed by atoms with E-state index >= 15 is 0 Å². The van der Waals surface area contributed by atoms with Crippen LogP contribution in [0.2, 0.25) is 0 Å². The second-order valence-corrected chi connectivity index (χ2v) is 14.5. The third-order valence-electron chi connectivity index (χ3n) is 7.79. The van der Waals surface area contributed by atoms with E-state index in [-0.39, 0.29) is 30.3 Å². The number of carbonyl (C=O) groups is 2. The van der Waals surface area contributed by atoms with Gasteiger partial charge < -0.3 is 28.8 Å². The molecule has 1 aliphatic rings. The van der Waals surface area contributed by atoms with Gasteiger partial charge in [0.05, 0.1) is 37.6 Å². The molecule has 0 atom stereocenters. The molecule has 1 aromatic heterocycles. The van der Waals surface area contributed by atoms with Gasteiger partial charge in [-0.05, 0) is 78.6 Å². The number of nitrogens with one attached hydrogen (secondary N) is 1. The first-order valence-electron chi connectivity index (χ1n) is 15.5. The lowest BCUT2D eigenvalue weighted by atomic mass is 10.00. The van der Waals surface area contributed by atoms with E-state index in [0.29, 0.717) is 71.4 Å². The first-order valence-corrected chi connectivity index (χ1v) is 18.9. The minimum absolute atomic E-state index is 0.220. The number of carbonyl (C=O) groups excluding carboxylic acids is 2. The highest BCUT2D eigenvalue weighted by Gasteiger charge is 2.32. The number of anilines is 1. The summed E-state index contributed by atoms with van der Waals surface area (Å²) in [6.45, 7) is 1.50. The number of benzene rings is 3. The Morgan fingerprint density at radius 1 is 1.02 bits per heavy atom. The number of esters is 1. The number of halogens is 1. The van der Waals surface area contributed by atoms with Gasteiger partial charge in [0.1, 0.15) is 29.0 Å². The molecule has 48 heavy (non-hydrogen) atoms. The highest BCUT2D eigenvalue weighted by atomic mass is 32.2. The average Bonchev–Trinajstić information content (AvgIpc) is 3.85. The number of ether oxygens (including phenoxy) is 3. The SMILES string of the molecule is CNC(=O)c1c(-c2ccc(F)cc2)oc2cc(N(CCOCCOCc3ccc(C(=O)OCSC)cc3)CS(C)(=O)=O)c(C3CC3)cc12. The van der Waals surface area contributed by atoms with Gasteiger partial charge in [-0.15, -0.1) is 11.8 Å². The molecule has 0 unspecified atom stereocenters. The summed E-state index contributed by atoms with van der Waals surface area (Å²) >= 11 is 1.43. The molecule has 1 amide bonds. The maximum absolute atomic E-state index is 13.7. The Morgan fingerprint density at radius 2 is 1.73 bits per heavy atom. The minimum atomic E-state index is -3.42. The van der Waals surface area contributed by atoms with Crippen LogP contribution in [-0.4, -0.2) is 78.0 Å². The van der Waals surface area contributed by atoms with E-state index < -0.39 is 15.7 Å². The van der Waals surface area contributed by atoms with Crippen molar-refractivity contribution in [1.82, 2.24) is 5.32 Å². The first-order chi connectivity index (χ1) is 23.1. The lowest BCUT2D eigenvalue weighted by molar-refractivity contribution is 0.0430. The van der Waals surface area contributed by atoms with Crippen LogP contribution in [0.5, 0.6) is 0 Å². The van der Waals surface area contributed by atoms with Crippen LogP contribution in [0.25, 0.3) is 22.3 Å². The number of amides is 1. The maximum Gasteiger partial charge on any atom is 0.338 e. The Kier molecular flexibility index (Phi) is 11.8. The number of nitrogens with zero attached hydrogens (tertiary/aromatic N) is 1. The summed E-state index contributed by atoms with van der Waals surface area (Å²) in [7, 11) is -1.89. The number of hydrogen-bond acceptors (Lipinski definition) is 10. The van der Waals surface area contributed by atoms with Crippen LogP contribution in [-0.2, 0) is 30.7 Å². The smallest absolute Gasteiger partial charge is 0.338 e. The summed E-state index contributed by atoms with van der Waals surface area (Å²) in [5, 5.41) is 3.29. The van der Waals surface area contributed by atoms with Crippen LogP contribution in [0.1, 0.15) is 50.6 Å². The van der Waals surface area contributed by atoms with Crippen molar-refractivity contribution in [1.29, 1.82) is 0 Å². The van der Waals surface area contributed by atoms with Gasteiger partial charge >= 0.3 is 5.97 Å². The van der Waals surface area contributed by atoms with Crippen LogP contribution in [0.4, 0.5) is 10.1 Å². The van der Waals surface area contributed by atoms with Gasteiger partial charge in [-0.2, -0.15) is 0 Å². The van der Waals surface area contributed by atoms with E-state index in [1.54, 1.807) is 35.2 Å². The van der Waals surface area contributed by atoms with E-state index in [0.717, 1.165) is 24.0 Å². The number of hydrogen-bond donors (Lipinski definition) is 1. The third kappa shape index (κ3) is 9.16. The molecule has 1 heterocycles. The molecule has 3 aromatic carbocycles. The van der Waals surface area contributed by atoms with Gasteiger partial charge in [0.15, 0.2) is 9.84 Å². The van der Waals surface area contributed by atoms with Gasteiger partial charge in [-0.3, -0.25) is 4.79 Å². The van der Waals surface area contributed by atoms with Crippen molar-refractivity contribution < 1.29 is 41.0 Å². The van der Waals surface area contributed by atoms with Crippen molar-refractivity contribution in [3.8, 4) is 11.3 Å². The normalized spacial score (nSPS) is 13.1. The zero-order chi connectivity index (χ0) is 34.3. The molecular formula is C35H39FN2O8S2. The monoisotopic (exact) mass is 698 g/mol. The van der Waals surface area contributed by atoms with Gasteiger partial charge in [-0.25, -0.2) is 17.6 Å². The second kappa shape index (κ2) is 16.0. The molecule has 0 aliphatic heterocycles. The molecule has 256 valence electrons. The summed E-state index contributed by atoms with van der Waals surface area (Å²) in [6.07, 6.45) is 4.94. The molecule has 0 bridgehead atoms. The highest BCUT2D eigenvalue weighted by molar-refractivity contribution is 7.98. The summed E-state index contributed by atoms with van der Waals surface area (Å²) in [4.78, 5) is 26.8. The fourth-order valence-electron chi connectivity index (χ4n) is 5.35. The van der Waals surface area contributed by atoms with Crippen LogP contribution in [0, 0.1) is 5.82 Å². The molecule has 1 saturated carbocycles. The summed E-state index contributed by atoms with van der Waals surface area (Å²) in [5.74, 6) is -0.509. The van der Waals surface area contributed by atoms with E-state index in [1.165, 1.54) is 37.2 Å². The lowest BCUT2D eigenvalue weighted by Gasteiger charge is -2.26. The number of rotatable bonds is 17.